The molecule has 36 heavy (non-hydrogen) atoms. The minimum Gasteiger partial charge on any atom is -0.493 e. The maximum Gasteiger partial charge on any atom is 0.161 e. The minimum atomic E-state index is 0.350. The quantitative estimate of drug-likeness (QED) is 0.210. The summed E-state index contributed by atoms with van der Waals surface area (Å²) in [6.07, 6.45) is 3.74. The lowest BCUT2D eigenvalue weighted by Crippen LogP contribution is -1.99. The van der Waals surface area contributed by atoms with Crippen molar-refractivity contribution in [3.05, 3.63) is 125 Å². The summed E-state index contributed by atoms with van der Waals surface area (Å²) < 4.78 is 13.4. The first-order valence-corrected chi connectivity index (χ1v) is 11.9. The second-order valence-electron chi connectivity index (χ2n) is 8.06. The fraction of sp³-hybridized carbons (Fsp3) is 0.0667. The highest BCUT2D eigenvalue weighted by Gasteiger charge is 2.12. The van der Waals surface area contributed by atoms with Crippen LogP contribution in [0.15, 0.2) is 114 Å². The Balaban J connectivity index is 1.42. The zero-order valence-electron chi connectivity index (χ0n) is 19.7. The van der Waals surface area contributed by atoms with E-state index in [4.69, 9.17) is 31.2 Å². The number of ether oxygens (including phenoxy) is 2. The molecule has 0 aliphatic heterocycles. The first kappa shape index (κ1) is 23.4. The molecule has 0 spiro atoms. The van der Waals surface area contributed by atoms with Crippen LogP contribution in [0.3, 0.4) is 0 Å². The summed E-state index contributed by atoms with van der Waals surface area (Å²) >= 11 is 6.25. The van der Waals surface area contributed by atoms with Crippen molar-refractivity contribution >= 4 is 23.5 Å². The van der Waals surface area contributed by atoms with Crippen molar-refractivity contribution in [3.63, 3.8) is 0 Å². The van der Waals surface area contributed by atoms with Gasteiger partial charge in [-0.25, -0.2) is 4.68 Å². The van der Waals surface area contributed by atoms with Gasteiger partial charge in [-0.2, -0.15) is 5.10 Å². The van der Waals surface area contributed by atoms with Gasteiger partial charge < -0.3 is 9.47 Å². The van der Waals surface area contributed by atoms with Gasteiger partial charge in [0.1, 0.15) is 18.0 Å². The number of aliphatic imine (C=N–C) groups is 1. The van der Waals surface area contributed by atoms with E-state index in [1.165, 1.54) is 0 Å². The summed E-state index contributed by atoms with van der Waals surface area (Å²) in [5, 5.41) is 5.49. The van der Waals surface area contributed by atoms with E-state index in [0.29, 0.717) is 23.1 Å². The van der Waals surface area contributed by atoms with Gasteiger partial charge in [0.2, 0.25) is 0 Å². The molecule has 0 radical (unpaired) electrons. The highest BCUT2D eigenvalue weighted by atomic mass is 35.5. The van der Waals surface area contributed by atoms with Gasteiger partial charge in [0.15, 0.2) is 11.5 Å². The van der Waals surface area contributed by atoms with Crippen molar-refractivity contribution < 1.29 is 9.47 Å². The molecule has 0 aliphatic carbocycles. The number of hydrogen-bond donors (Lipinski definition) is 0. The summed E-state index contributed by atoms with van der Waals surface area (Å²) in [5.74, 6) is 1.26. The number of nitrogens with zero attached hydrogens (tertiary/aromatic N) is 3. The second-order valence-corrected chi connectivity index (χ2v) is 8.46. The molecule has 5 rings (SSSR count). The highest BCUT2D eigenvalue weighted by molar-refractivity contribution is 6.31. The van der Waals surface area contributed by atoms with E-state index < -0.39 is 0 Å². The number of halogens is 1. The number of benzene rings is 4. The van der Waals surface area contributed by atoms with Crippen molar-refractivity contribution in [3.8, 4) is 28.4 Å². The highest BCUT2D eigenvalue weighted by Crippen LogP contribution is 2.32. The van der Waals surface area contributed by atoms with Gasteiger partial charge in [-0.05, 0) is 42.0 Å². The maximum atomic E-state index is 6.25. The normalized spacial score (nSPS) is 11.1. The van der Waals surface area contributed by atoms with E-state index in [9.17, 15) is 0 Å². The number of para-hydroxylation sites is 1. The average Bonchev–Trinajstić information content (AvgIpc) is 3.37. The minimum absolute atomic E-state index is 0.350. The molecule has 0 amide bonds. The molecular formula is C30H24ClN3O2. The van der Waals surface area contributed by atoms with Crippen LogP contribution in [-0.4, -0.2) is 23.1 Å². The first-order valence-electron chi connectivity index (χ1n) is 11.5. The van der Waals surface area contributed by atoms with Gasteiger partial charge in [0.25, 0.3) is 0 Å². The topological polar surface area (TPSA) is 48.6 Å². The number of methoxy groups -OCH3 is 1. The van der Waals surface area contributed by atoms with Crippen LogP contribution in [0.1, 0.15) is 11.1 Å². The predicted octanol–water partition coefficient (Wildman–Crippen LogP) is 7.53. The molecule has 4 aromatic carbocycles. The SMILES string of the molecule is COc1cc(C=Nc2cn(-c3ccccc3)nc2-c2ccccc2)ccc1OCc1ccccc1Cl. The van der Waals surface area contributed by atoms with E-state index in [-0.39, 0.29) is 0 Å². The van der Waals surface area contributed by atoms with Gasteiger partial charge in [-0.3, -0.25) is 4.99 Å². The van der Waals surface area contributed by atoms with Crippen LogP contribution in [0.5, 0.6) is 11.5 Å². The first-order chi connectivity index (χ1) is 17.7. The molecule has 0 saturated heterocycles. The number of aromatic nitrogens is 2. The van der Waals surface area contributed by atoms with E-state index in [1.807, 2.05) is 114 Å². The van der Waals surface area contributed by atoms with Crippen molar-refractivity contribution in [2.75, 3.05) is 7.11 Å². The van der Waals surface area contributed by atoms with Crippen LogP contribution < -0.4 is 9.47 Å². The van der Waals surface area contributed by atoms with Gasteiger partial charge >= 0.3 is 0 Å². The molecule has 0 bridgehead atoms. The third-order valence-electron chi connectivity index (χ3n) is 5.64. The lowest BCUT2D eigenvalue weighted by Gasteiger charge is -2.12. The summed E-state index contributed by atoms with van der Waals surface area (Å²) in [6, 6.07) is 33.4. The molecular weight excluding hydrogens is 470 g/mol. The second kappa shape index (κ2) is 10.9. The van der Waals surface area contributed by atoms with Crippen molar-refractivity contribution in [1.29, 1.82) is 0 Å². The molecule has 0 saturated carbocycles. The largest absolute Gasteiger partial charge is 0.493 e. The fourth-order valence-electron chi connectivity index (χ4n) is 3.77. The monoisotopic (exact) mass is 493 g/mol. The van der Waals surface area contributed by atoms with E-state index >= 15 is 0 Å². The summed E-state index contributed by atoms with van der Waals surface area (Å²) in [5.41, 5.74) is 5.34. The van der Waals surface area contributed by atoms with Gasteiger partial charge in [-0.1, -0.05) is 78.3 Å². The van der Waals surface area contributed by atoms with Crippen LogP contribution in [0.4, 0.5) is 5.69 Å². The molecule has 0 fully saturated rings. The van der Waals surface area contributed by atoms with Gasteiger partial charge in [0, 0.05) is 22.4 Å². The van der Waals surface area contributed by atoms with Crippen LogP contribution in [0, 0.1) is 0 Å². The van der Waals surface area contributed by atoms with Crippen LogP contribution in [-0.2, 0) is 6.61 Å². The van der Waals surface area contributed by atoms with Crippen molar-refractivity contribution in [2.45, 2.75) is 6.61 Å². The molecule has 178 valence electrons. The summed E-state index contributed by atoms with van der Waals surface area (Å²) in [7, 11) is 1.62. The Labute approximate surface area is 215 Å². The Morgan fingerprint density at radius 1 is 0.861 bits per heavy atom. The lowest BCUT2D eigenvalue weighted by atomic mass is 10.1. The van der Waals surface area contributed by atoms with E-state index in [0.717, 1.165) is 33.8 Å². The maximum absolute atomic E-state index is 6.25. The zero-order chi connectivity index (χ0) is 24.7. The summed E-state index contributed by atoms with van der Waals surface area (Å²) in [6.45, 7) is 0.350. The summed E-state index contributed by atoms with van der Waals surface area (Å²) in [4.78, 5) is 4.79. The molecule has 5 aromatic rings. The number of rotatable bonds is 8. The average molecular weight is 494 g/mol. The van der Waals surface area contributed by atoms with Crippen molar-refractivity contribution in [2.24, 2.45) is 4.99 Å². The molecule has 6 heteroatoms. The predicted molar refractivity (Wildman–Crippen MR) is 145 cm³/mol. The molecule has 1 aromatic heterocycles. The molecule has 1 heterocycles. The molecule has 0 unspecified atom stereocenters. The Hall–Kier alpha value is -4.35. The third-order valence-corrected chi connectivity index (χ3v) is 6.01. The van der Waals surface area contributed by atoms with E-state index in [2.05, 4.69) is 0 Å². The van der Waals surface area contributed by atoms with Crippen LogP contribution in [0.2, 0.25) is 5.02 Å². The smallest absolute Gasteiger partial charge is 0.161 e. The molecule has 0 aliphatic rings. The molecule has 0 atom stereocenters. The Kier molecular flexibility index (Phi) is 7.10. The standard InChI is InChI=1S/C30H24ClN3O2/c1-35-29-18-22(16-17-28(29)36-21-24-12-8-9-15-26(24)31)19-32-27-20-34(25-13-6-3-7-14-25)33-30(27)23-10-4-2-5-11-23/h2-20H,21H2,1H3. The zero-order valence-corrected chi connectivity index (χ0v) is 20.5. The third kappa shape index (κ3) is 5.32. The van der Waals surface area contributed by atoms with Crippen LogP contribution >= 0.6 is 11.6 Å². The van der Waals surface area contributed by atoms with Crippen LogP contribution in [0.25, 0.3) is 16.9 Å². The Morgan fingerprint density at radius 3 is 2.33 bits per heavy atom. The Morgan fingerprint density at radius 2 is 1.58 bits per heavy atom. The van der Waals surface area contributed by atoms with E-state index in [1.54, 1.807) is 13.3 Å². The van der Waals surface area contributed by atoms with Crippen molar-refractivity contribution in [1.82, 2.24) is 9.78 Å². The Bertz CT molecular complexity index is 1480. The molecule has 0 N–H and O–H groups in total. The van der Waals surface area contributed by atoms with Gasteiger partial charge in [0.05, 0.1) is 19.0 Å². The number of hydrogen-bond acceptors (Lipinski definition) is 4. The fourth-order valence-corrected chi connectivity index (χ4v) is 3.96. The lowest BCUT2D eigenvalue weighted by molar-refractivity contribution is 0.284. The molecule has 5 nitrogen and oxygen atoms in total. The van der Waals surface area contributed by atoms with Gasteiger partial charge in [-0.15, -0.1) is 0 Å².